The van der Waals surface area contributed by atoms with E-state index in [1.165, 1.54) is 6.07 Å². The summed E-state index contributed by atoms with van der Waals surface area (Å²) in [6, 6.07) is 8.60. The maximum Gasteiger partial charge on any atom is 0.387 e. The first-order chi connectivity index (χ1) is 9.95. The number of nitrogens with one attached hydrogen (secondary N) is 1. The van der Waals surface area contributed by atoms with Crippen molar-refractivity contribution in [1.82, 2.24) is 4.98 Å². The quantitative estimate of drug-likeness (QED) is 0.679. The van der Waals surface area contributed by atoms with Gasteiger partial charge >= 0.3 is 6.61 Å². The van der Waals surface area contributed by atoms with Gasteiger partial charge in [0.25, 0.3) is 0 Å². The fraction of sp³-hybridized carbons (Fsp3) is 0.214. The molecular formula is C14H12Br2F2N2O. The number of hydrogen-bond acceptors (Lipinski definition) is 3. The van der Waals surface area contributed by atoms with Crippen molar-refractivity contribution in [1.29, 1.82) is 0 Å². The Morgan fingerprint density at radius 1 is 1.24 bits per heavy atom. The van der Waals surface area contributed by atoms with E-state index in [4.69, 9.17) is 0 Å². The van der Waals surface area contributed by atoms with Gasteiger partial charge in [0.2, 0.25) is 0 Å². The third-order valence-electron chi connectivity index (χ3n) is 2.76. The summed E-state index contributed by atoms with van der Waals surface area (Å²) in [5.41, 5.74) is 2.28. The van der Waals surface area contributed by atoms with Crippen LogP contribution in [0.2, 0.25) is 0 Å². The van der Waals surface area contributed by atoms with Crippen molar-refractivity contribution < 1.29 is 13.5 Å². The van der Waals surface area contributed by atoms with E-state index in [2.05, 4.69) is 46.9 Å². The summed E-state index contributed by atoms with van der Waals surface area (Å²) in [4.78, 5) is 4.27. The molecule has 1 heterocycles. The molecule has 1 N–H and O–H groups in total. The number of anilines is 1. The van der Waals surface area contributed by atoms with Gasteiger partial charge in [-0.15, -0.1) is 0 Å². The average Bonchev–Trinajstić information content (AvgIpc) is 2.40. The zero-order valence-electron chi connectivity index (χ0n) is 11.0. The van der Waals surface area contributed by atoms with Crippen LogP contribution in [0, 0.1) is 6.92 Å². The van der Waals surface area contributed by atoms with E-state index in [1.54, 1.807) is 12.1 Å². The summed E-state index contributed by atoms with van der Waals surface area (Å²) >= 11 is 6.62. The molecule has 0 spiro atoms. The summed E-state index contributed by atoms with van der Waals surface area (Å²) < 4.78 is 30.9. The van der Waals surface area contributed by atoms with Crippen molar-refractivity contribution in [3.8, 4) is 5.75 Å². The Morgan fingerprint density at radius 3 is 2.67 bits per heavy atom. The first-order valence-corrected chi connectivity index (χ1v) is 7.64. The third kappa shape index (κ3) is 4.64. The summed E-state index contributed by atoms with van der Waals surface area (Å²) in [6.07, 6.45) is 0. The van der Waals surface area contributed by atoms with E-state index in [0.717, 1.165) is 20.5 Å². The van der Waals surface area contributed by atoms with Gasteiger partial charge in [0.1, 0.15) is 10.4 Å². The first kappa shape index (κ1) is 16.2. The molecule has 0 fully saturated rings. The van der Waals surface area contributed by atoms with Gasteiger partial charge in [0.05, 0.1) is 11.4 Å². The van der Waals surface area contributed by atoms with Crippen LogP contribution < -0.4 is 10.1 Å². The topological polar surface area (TPSA) is 34.2 Å². The van der Waals surface area contributed by atoms with E-state index in [9.17, 15) is 8.78 Å². The molecule has 2 rings (SSSR count). The van der Waals surface area contributed by atoms with E-state index >= 15 is 0 Å². The SMILES string of the molecule is Cc1nc(Br)ccc1NCc1cc(Br)ccc1OC(F)F. The zero-order valence-corrected chi connectivity index (χ0v) is 14.2. The number of benzene rings is 1. The summed E-state index contributed by atoms with van der Waals surface area (Å²) in [7, 11) is 0. The van der Waals surface area contributed by atoms with Gasteiger partial charge in [-0.3, -0.25) is 0 Å². The molecule has 1 aromatic heterocycles. The molecule has 0 aliphatic carbocycles. The number of pyridine rings is 1. The van der Waals surface area contributed by atoms with Gasteiger partial charge in [0.15, 0.2) is 0 Å². The monoisotopic (exact) mass is 420 g/mol. The van der Waals surface area contributed by atoms with Crippen LogP contribution in [-0.4, -0.2) is 11.6 Å². The van der Waals surface area contributed by atoms with Gasteiger partial charge in [0, 0.05) is 16.6 Å². The molecule has 21 heavy (non-hydrogen) atoms. The second-order valence-corrected chi connectivity index (χ2v) is 5.98. The molecule has 0 saturated heterocycles. The minimum Gasteiger partial charge on any atom is -0.434 e. The van der Waals surface area contributed by atoms with E-state index in [-0.39, 0.29) is 5.75 Å². The Bertz CT molecular complexity index is 638. The van der Waals surface area contributed by atoms with E-state index < -0.39 is 6.61 Å². The number of nitrogens with zero attached hydrogens (tertiary/aromatic N) is 1. The van der Waals surface area contributed by atoms with Crippen molar-refractivity contribution in [3.05, 3.63) is 50.7 Å². The lowest BCUT2D eigenvalue weighted by molar-refractivity contribution is -0.0504. The second kappa shape index (κ2) is 7.17. The maximum absolute atomic E-state index is 12.4. The highest BCUT2D eigenvalue weighted by atomic mass is 79.9. The summed E-state index contributed by atoms with van der Waals surface area (Å²) in [5, 5.41) is 3.17. The van der Waals surface area contributed by atoms with Gasteiger partial charge < -0.3 is 10.1 Å². The molecule has 0 bridgehead atoms. The predicted molar refractivity (Wildman–Crippen MR) is 84.8 cm³/mol. The van der Waals surface area contributed by atoms with Crippen molar-refractivity contribution in [2.24, 2.45) is 0 Å². The molecule has 0 amide bonds. The second-order valence-electron chi connectivity index (χ2n) is 4.25. The normalized spacial score (nSPS) is 10.8. The number of aromatic nitrogens is 1. The van der Waals surface area contributed by atoms with Gasteiger partial charge in [-0.2, -0.15) is 8.78 Å². The number of hydrogen-bond donors (Lipinski definition) is 1. The molecule has 7 heteroatoms. The lowest BCUT2D eigenvalue weighted by Crippen LogP contribution is -2.08. The lowest BCUT2D eigenvalue weighted by Gasteiger charge is -2.13. The number of alkyl halides is 2. The Balaban J connectivity index is 2.16. The zero-order chi connectivity index (χ0) is 15.4. The minimum atomic E-state index is -2.85. The molecule has 3 nitrogen and oxygen atoms in total. The molecule has 2 aromatic rings. The van der Waals surface area contributed by atoms with Crippen LogP contribution in [0.4, 0.5) is 14.5 Å². The molecule has 0 aliphatic rings. The first-order valence-electron chi connectivity index (χ1n) is 6.06. The number of halogens is 4. The van der Waals surface area contributed by atoms with Crippen molar-refractivity contribution >= 4 is 37.5 Å². The average molecular weight is 422 g/mol. The third-order valence-corrected chi connectivity index (χ3v) is 3.69. The Morgan fingerprint density at radius 2 is 2.00 bits per heavy atom. The van der Waals surface area contributed by atoms with Crippen LogP contribution in [0.1, 0.15) is 11.3 Å². The van der Waals surface area contributed by atoms with Crippen molar-refractivity contribution in [2.45, 2.75) is 20.1 Å². The largest absolute Gasteiger partial charge is 0.434 e. The standard InChI is InChI=1S/C14H12Br2F2N2O/c1-8-11(3-5-13(16)20-8)19-7-9-6-10(15)2-4-12(9)21-14(17)18/h2-6,14,19H,7H2,1H3. The van der Waals surface area contributed by atoms with Crippen LogP contribution >= 0.6 is 31.9 Å². The van der Waals surface area contributed by atoms with Crippen molar-refractivity contribution in [2.75, 3.05) is 5.32 Å². The maximum atomic E-state index is 12.4. The van der Waals surface area contributed by atoms with Crippen LogP contribution in [0.5, 0.6) is 5.75 Å². The lowest BCUT2D eigenvalue weighted by atomic mass is 10.2. The summed E-state index contributed by atoms with van der Waals surface area (Å²) in [5.74, 6) is 0.156. The highest BCUT2D eigenvalue weighted by Gasteiger charge is 2.10. The van der Waals surface area contributed by atoms with E-state index in [1.807, 2.05) is 19.1 Å². The highest BCUT2D eigenvalue weighted by molar-refractivity contribution is 9.10. The molecule has 112 valence electrons. The van der Waals surface area contributed by atoms with Crippen LogP contribution in [0.25, 0.3) is 0 Å². The van der Waals surface area contributed by atoms with E-state index in [0.29, 0.717) is 12.1 Å². The summed E-state index contributed by atoms with van der Waals surface area (Å²) in [6.45, 7) is -0.628. The van der Waals surface area contributed by atoms with Crippen LogP contribution in [-0.2, 0) is 6.54 Å². The molecule has 0 unspecified atom stereocenters. The number of rotatable bonds is 5. The molecule has 0 aliphatic heterocycles. The van der Waals surface area contributed by atoms with Crippen molar-refractivity contribution in [3.63, 3.8) is 0 Å². The van der Waals surface area contributed by atoms with Gasteiger partial charge in [-0.1, -0.05) is 15.9 Å². The van der Waals surface area contributed by atoms with Gasteiger partial charge in [-0.05, 0) is 53.2 Å². The molecule has 0 radical (unpaired) electrons. The predicted octanol–water partition coefficient (Wildman–Crippen LogP) is 5.13. The van der Waals surface area contributed by atoms with Crippen LogP contribution in [0.3, 0.4) is 0 Å². The van der Waals surface area contributed by atoms with Gasteiger partial charge in [-0.25, -0.2) is 4.98 Å². The Labute approximate surface area is 138 Å². The van der Waals surface area contributed by atoms with Crippen LogP contribution in [0.15, 0.2) is 39.4 Å². The highest BCUT2D eigenvalue weighted by Crippen LogP contribution is 2.26. The Hall–Kier alpha value is -1.21. The fourth-order valence-electron chi connectivity index (χ4n) is 1.80. The minimum absolute atomic E-state index is 0.156. The molecule has 0 atom stereocenters. The smallest absolute Gasteiger partial charge is 0.387 e. The molecular weight excluding hydrogens is 410 g/mol. The fourth-order valence-corrected chi connectivity index (χ4v) is 2.61. The molecule has 0 saturated carbocycles. The number of aryl methyl sites for hydroxylation is 1. The Kier molecular flexibility index (Phi) is 5.52. The molecule has 1 aromatic carbocycles. The number of ether oxygens (including phenoxy) is 1.